The van der Waals surface area contributed by atoms with E-state index in [1.807, 2.05) is 104 Å². The standard InChI is InChI=1S/C40H64N8O4/c1-25(2)33-37(49)41-17-18-42-38(50)34(26(3)4)47-23-31-13-15-32(16-14-31)24-48-36(28(7)8)40(52)44-20-19-43-39(51)35(27(5)6)46-22-30-11-9-29(10-12-30)21-45-33/h9-16,25-28,33-36,45-48H,17-24H2,1-8H3,(H,41,49)(H,42,50)(H,43,51)(H,44,52)/t33-,34-,35-,36-/m0/s1. The topological polar surface area (TPSA) is 165 Å². The first-order chi connectivity index (χ1) is 24.8. The number of carbonyl (C=O) groups excluding carboxylic acids is 4. The molecular weight excluding hydrogens is 656 g/mol. The Morgan fingerprint density at radius 1 is 0.365 bits per heavy atom. The van der Waals surface area contributed by atoms with E-state index < -0.39 is 24.2 Å². The predicted octanol–water partition coefficient (Wildman–Crippen LogP) is 2.32. The first kappa shape index (κ1) is 42.6. The highest BCUT2D eigenvalue weighted by molar-refractivity contribution is 5.84. The number of amides is 4. The van der Waals surface area contributed by atoms with Crippen molar-refractivity contribution >= 4 is 23.6 Å². The first-order valence-electron chi connectivity index (χ1n) is 19.0. The molecule has 0 aliphatic carbocycles. The van der Waals surface area contributed by atoms with E-state index in [9.17, 15) is 19.2 Å². The Hall–Kier alpha value is -3.84. The second-order valence-corrected chi connectivity index (χ2v) is 15.2. The van der Waals surface area contributed by atoms with Crippen LogP contribution in [0.25, 0.3) is 0 Å². The van der Waals surface area contributed by atoms with E-state index in [2.05, 4.69) is 42.5 Å². The lowest BCUT2D eigenvalue weighted by molar-refractivity contribution is -0.126. The summed E-state index contributed by atoms with van der Waals surface area (Å²) in [5.74, 6) is -0.161. The van der Waals surface area contributed by atoms with Gasteiger partial charge in [-0.3, -0.25) is 19.2 Å². The van der Waals surface area contributed by atoms with Crippen LogP contribution in [0, 0.1) is 23.7 Å². The van der Waals surface area contributed by atoms with Gasteiger partial charge in [-0.05, 0) is 45.9 Å². The molecule has 8 N–H and O–H groups in total. The average Bonchev–Trinajstić information content (AvgIpc) is 3.09. The number of benzene rings is 2. The minimum absolute atomic E-state index is 0.0630. The van der Waals surface area contributed by atoms with Crippen molar-refractivity contribution in [2.75, 3.05) is 26.2 Å². The fourth-order valence-electron chi connectivity index (χ4n) is 6.17. The molecule has 4 atom stereocenters. The maximum Gasteiger partial charge on any atom is 0.237 e. The maximum absolute atomic E-state index is 13.1. The van der Waals surface area contributed by atoms with E-state index in [0.29, 0.717) is 52.4 Å². The molecule has 0 radical (unpaired) electrons. The Bertz CT molecular complexity index is 1200. The molecule has 4 amide bonds. The molecular formula is C40H64N8O4. The molecule has 2 aromatic rings. The van der Waals surface area contributed by atoms with Gasteiger partial charge in [-0.2, -0.15) is 0 Å². The van der Waals surface area contributed by atoms with Crippen molar-refractivity contribution in [3.63, 3.8) is 0 Å². The van der Waals surface area contributed by atoms with E-state index in [4.69, 9.17) is 0 Å². The molecule has 4 aliphatic rings. The lowest BCUT2D eigenvalue weighted by Crippen LogP contribution is -2.51. The van der Waals surface area contributed by atoms with Crippen LogP contribution in [0.5, 0.6) is 0 Å². The van der Waals surface area contributed by atoms with Crippen LogP contribution in [0.2, 0.25) is 0 Å². The molecule has 0 spiro atoms. The molecule has 0 fully saturated rings. The van der Waals surface area contributed by atoms with E-state index in [1.165, 1.54) is 0 Å². The zero-order valence-corrected chi connectivity index (χ0v) is 32.5. The van der Waals surface area contributed by atoms with Gasteiger partial charge in [-0.25, -0.2) is 0 Å². The van der Waals surface area contributed by atoms with Crippen LogP contribution in [0.3, 0.4) is 0 Å². The third-order valence-corrected chi connectivity index (χ3v) is 9.39. The molecule has 6 rings (SSSR count). The van der Waals surface area contributed by atoms with E-state index >= 15 is 0 Å². The molecule has 4 aliphatic heterocycles. The summed E-state index contributed by atoms with van der Waals surface area (Å²) >= 11 is 0. The van der Waals surface area contributed by atoms with Crippen LogP contribution in [-0.2, 0) is 45.4 Å². The maximum atomic E-state index is 13.1. The Morgan fingerprint density at radius 3 is 0.692 bits per heavy atom. The van der Waals surface area contributed by atoms with Crippen LogP contribution in [-0.4, -0.2) is 74.0 Å². The third kappa shape index (κ3) is 13.9. The van der Waals surface area contributed by atoms with E-state index in [-0.39, 0.29) is 47.3 Å². The molecule has 288 valence electrons. The number of nitrogens with one attached hydrogen (secondary N) is 8. The van der Waals surface area contributed by atoms with Gasteiger partial charge < -0.3 is 42.5 Å². The predicted molar refractivity (Wildman–Crippen MR) is 207 cm³/mol. The van der Waals surface area contributed by atoms with Gasteiger partial charge in [0, 0.05) is 52.4 Å². The molecule has 4 bridgehead atoms. The largest absolute Gasteiger partial charge is 0.353 e. The molecule has 0 saturated heterocycles. The number of hydrogen-bond donors (Lipinski definition) is 8. The Labute approximate surface area is 311 Å². The zero-order chi connectivity index (χ0) is 38.2. The minimum Gasteiger partial charge on any atom is -0.353 e. The Kier molecular flexibility index (Phi) is 17.7. The molecule has 2 aromatic carbocycles. The smallest absolute Gasteiger partial charge is 0.237 e. The number of carbonyl (C=O) groups is 4. The fraction of sp³-hybridized carbons (Fsp3) is 0.600. The summed E-state index contributed by atoms with van der Waals surface area (Å²) in [4.78, 5) is 52.5. The minimum atomic E-state index is -0.395. The zero-order valence-electron chi connectivity index (χ0n) is 32.5. The van der Waals surface area contributed by atoms with Crippen molar-refractivity contribution in [2.45, 2.75) is 106 Å². The SMILES string of the molecule is CC(C)[C@@H]1NCc2ccc(cc2)CN[C@@H](C(C)C)C(=O)NCCNC(=O)[C@H](C(C)C)NCc2ccc(cc2)CN[C@@H](C(C)C)C(=O)NCCNC1=O. The summed E-state index contributed by atoms with van der Waals surface area (Å²) in [5, 5.41) is 25.5. The molecule has 12 heteroatoms. The van der Waals surface area contributed by atoms with Gasteiger partial charge in [0.2, 0.25) is 23.6 Å². The summed E-state index contributed by atoms with van der Waals surface area (Å²) in [6.45, 7) is 19.4. The fourth-order valence-corrected chi connectivity index (χ4v) is 6.17. The van der Waals surface area contributed by atoms with Gasteiger partial charge in [0.25, 0.3) is 0 Å². The summed E-state index contributed by atoms with van der Waals surface area (Å²) in [5.41, 5.74) is 4.16. The molecule has 12 nitrogen and oxygen atoms in total. The van der Waals surface area contributed by atoms with Crippen LogP contribution in [0.1, 0.15) is 77.6 Å². The highest BCUT2D eigenvalue weighted by Crippen LogP contribution is 2.11. The van der Waals surface area contributed by atoms with Gasteiger partial charge in [-0.1, -0.05) is 104 Å². The number of hydrogen-bond acceptors (Lipinski definition) is 8. The molecule has 0 saturated carbocycles. The van der Waals surface area contributed by atoms with Crippen molar-refractivity contribution in [1.29, 1.82) is 0 Å². The lowest BCUT2D eigenvalue weighted by Gasteiger charge is -2.24. The second-order valence-electron chi connectivity index (χ2n) is 15.2. The van der Waals surface area contributed by atoms with Gasteiger partial charge in [0.1, 0.15) is 0 Å². The van der Waals surface area contributed by atoms with E-state index in [1.54, 1.807) is 0 Å². The third-order valence-electron chi connectivity index (χ3n) is 9.39. The van der Waals surface area contributed by atoms with Gasteiger partial charge in [-0.15, -0.1) is 0 Å². The van der Waals surface area contributed by atoms with Crippen molar-refractivity contribution < 1.29 is 19.2 Å². The van der Waals surface area contributed by atoms with Gasteiger partial charge in [0.05, 0.1) is 24.2 Å². The molecule has 4 heterocycles. The normalized spacial score (nSPS) is 23.2. The van der Waals surface area contributed by atoms with Crippen molar-refractivity contribution in [1.82, 2.24) is 42.5 Å². The van der Waals surface area contributed by atoms with Crippen molar-refractivity contribution in [3.8, 4) is 0 Å². The summed E-state index contributed by atoms with van der Waals surface area (Å²) < 4.78 is 0. The van der Waals surface area contributed by atoms with Crippen LogP contribution in [0.15, 0.2) is 48.5 Å². The summed E-state index contributed by atoms with van der Waals surface area (Å²) in [7, 11) is 0. The quantitative estimate of drug-likeness (QED) is 0.239. The highest BCUT2D eigenvalue weighted by atomic mass is 16.2. The molecule has 0 unspecified atom stereocenters. The van der Waals surface area contributed by atoms with E-state index in [0.717, 1.165) is 22.3 Å². The second kappa shape index (κ2) is 21.6. The van der Waals surface area contributed by atoms with Gasteiger partial charge >= 0.3 is 0 Å². The van der Waals surface area contributed by atoms with Gasteiger partial charge in [0.15, 0.2) is 0 Å². The first-order valence-corrected chi connectivity index (χ1v) is 19.0. The average molecular weight is 721 g/mol. The Morgan fingerprint density at radius 2 is 0.538 bits per heavy atom. The molecule has 52 heavy (non-hydrogen) atoms. The van der Waals surface area contributed by atoms with Crippen LogP contribution >= 0.6 is 0 Å². The Balaban J connectivity index is 1.72. The summed E-state index contributed by atoms with van der Waals surface area (Å²) in [6, 6.07) is 14.6. The van der Waals surface area contributed by atoms with Crippen molar-refractivity contribution in [2.24, 2.45) is 23.7 Å². The van der Waals surface area contributed by atoms with Crippen LogP contribution < -0.4 is 42.5 Å². The number of rotatable bonds is 4. The summed E-state index contributed by atoms with van der Waals surface area (Å²) in [6.07, 6.45) is 0. The molecule has 0 aromatic heterocycles. The highest BCUT2D eigenvalue weighted by Gasteiger charge is 2.25. The monoisotopic (exact) mass is 721 g/mol. The van der Waals surface area contributed by atoms with Crippen LogP contribution in [0.4, 0.5) is 0 Å². The van der Waals surface area contributed by atoms with Crippen molar-refractivity contribution in [3.05, 3.63) is 70.8 Å². The lowest BCUT2D eigenvalue weighted by atomic mass is 10.0.